The number of hydrogen-bond donors (Lipinski definition) is 0. The number of sulfonamides is 1. The molecule has 1 aromatic heterocycles. The molecule has 4 nitrogen and oxygen atoms in total. The Labute approximate surface area is 136 Å². The van der Waals surface area contributed by atoms with Crippen molar-refractivity contribution in [1.82, 2.24) is 0 Å². The summed E-state index contributed by atoms with van der Waals surface area (Å²) in [5.74, 6) is 0.533. The van der Waals surface area contributed by atoms with E-state index in [1.54, 1.807) is 24.4 Å². The molecule has 0 N–H and O–H groups in total. The molecule has 0 saturated carbocycles. The molecule has 0 aliphatic rings. The molecule has 1 aromatic carbocycles. The Hall–Kier alpha value is -1.74. The first-order valence-corrected chi connectivity index (χ1v) is 8.75. The summed E-state index contributed by atoms with van der Waals surface area (Å²) in [6.07, 6.45) is 0. The lowest BCUT2D eigenvalue weighted by Crippen LogP contribution is -2.40. The van der Waals surface area contributed by atoms with Gasteiger partial charge in [0.1, 0.15) is 5.75 Å². The molecule has 0 atom stereocenters. The molecule has 0 spiro atoms. The van der Waals surface area contributed by atoms with E-state index >= 15 is 0 Å². The number of thiophene rings is 1. The van der Waals surface area contributed by atoms with Crippen LogP contribution in [0.5, 0.6) is 5.75 Å². The third kappa shape index (κ3) is 3.61. The summed E-state index contributed by atoms with van der Waals surface area (Å²) in [5, 5.41) is 1.55. The zero-order valence-electron chi connectivity index (χ0n) is 12.3. The number of rotatable bonds is 5. The van der Waals surface area contributed by atoms with Crippen LogP contribution < -0.4 is 9.04 Å². The molecule has 1 heterocycles. The van der Waals surface area contributed by atoms with Gasteiger partial charge >= 0.3 is 15.5 Å². The Morgan fingerprint density at radius 3 is 2.22 bits per heavy atom. The van der Waals surface area contributed by atoms with Crippen molar-refractivity contribution in [3.05, 3.63) is 46.2 Å². The molecule has 9 heteroatoms. The number of benzene rings is 1. The van der Waals surface area contributed by atoms with E-state index in [0.717, 1.165) is 0 Å². The number of nitrogens with zero attached hydrogens (tertiary/aromatic N) is 1. The quantitative estimate of drug-likeness (QED) is 0.807. The monoisotopic (exact) mass is 365 g/mol. The molecule has 0 aliphatic heterocycles. The molecule has 0 saturated heterocycles. The lowest BCUT2D eigenvalue weighted by molar-refractivity contribution is -0.0438. The fraction of sp³-hybridized carbons (Fsp3) is 0.286. The second-order valence-electron chi connectivity index (χ2n) is 4.67. The summed E-state index contributed by atoms with van der Waals surface area (Å²) < 4.78 is 68.1. The number of aryl methyl sites for hydroxylation is 1. The summed E-state index contributed by atoms with van der Waals surface area (Å²) in [7, 11) is -4.03. The summed E-state index contributed by atoms with van der Waals surface area (Å²) in [4.78, 5) is 0.492. The molecular weight excluding hydrogens is 351 g/mol. The average molecular weight is 365 g/mol. The standard InChI is InChI=1S/C14H14F3NO3S2/c1-10-13(7-8-22-10)18(23(19,20)14(15,16)17)9-11-3-5-12(21-2)6-4-11/h3-8H,9H2,1-2H3. The van der Waals surface area contributed by atoms with Crippen LogP contribution in [0.25, 0.3) is 0 Å². The van der Waals surface area contributed by atoms with Crippen LogP contribution in [0.15, 0.2) is 35.7 Å². The maximum atomic E-state index is 13.0. The number of alkyl halides is 3. The van der Waals surface area contributed by atoms with Crippen molar-refractivity contribution in [1.29, 1.82) is 0 Å². The minimum atomic E-state index is -5.49. The average Bonchev–Trinajstić information content (AvgIpc) is 2.90. The van der Waals surface area contributed by atoms with Crippen molar-refractivity contribution in [2.45, 2.75) is 19.0 Å². The Bertz CT molecular complexity index is 767. The number of halogens is 3. The van der Waals surface area contributed by atoms with E-state index < -0.39 is 22.1 Å². The van der Waals surface area contributed by atoms with Crippen LogP contribution in [0.3, 0.4) is 0 Å². The van der Waals surface area contributed by atoms with Gasteiger partial charge in [0.2, 0.25) is 0 Å². The first-order chi connectivity index (χ1) is 10.7. The van der Waals surface area contributed by atoms with Crippen LogP contribution in [0.1, 0.15) is 10.4 Å². The van der Waals surface area contributed by atoms with E-state index in [0.29, 0.717) is 20.5 Å². The Balaban J connectivity index is 2.44. The van der Waals surface area contributed by atoms with E-state index in [-0.39, 0.29) is 5.69 Å². The lowest BCUT2D eigenvalue weighted by Gasteiger charge is -2.25. The predicted molar refractivity (Wildman–Crippen MR) is 83.2 cm³/mol. The van der Waals surface area contributed by atoms with Crippen LogP contribution in [0, 0.1) is 6.92 Å². The van der Waals surface area contributed by atoms with Crippen molar-refractivity contribution in [3.8, 4) is 5.75 Å². The maximum Gasteiger partial charge on any atom is 0.516 e. The number of anilines is 1. The molecule has 0 aliphatic carbocycles. The second-order valence-corrected chi connectivity index (χ2v) is 7.64. The fourth-order valence-corrected chi connectivity index (χ4v) is 3.74. The molecule has 0 radical (unpaired) electrons. The Morgan fingerprint density at radius 1 is 1.17 bits per heavy atom. The van der Waals surface area contributed by atoms with Crippen molar-refractivity contribution in [3.63, 3.8) is 0 Å². The van der Waals surface area contributed by atoms with Crippen molar-refractivity contribution in [2.24, 2.45) is 0 Å². The van der Waals surface area contributed by atoms with Crippen LogP contribution in [-0.2, 0) is 16.6 Å². The smallest absolute Gasteiger partial charge is 0.497 e. The number of ether oxygens (including phenoxy) is 1. The number of hydrogen-bond acceptors (Lipinski definition) is 4. The number of methoxy groups -OCH3 is 1. The van der Waals surface area contributed by atoms with Gasteiger partial charge in [0.25, 0.3) is 0 Å². The van der Waals surface area contributed by atoms with Crippen LogP contribution in [0.2, 0.25) is 0 Å². The van der Waals surface area contributed by atoms with Gasteiger partial charge in [-0.05, 0) is 36.1 Å². The first-order valence-electron chi connectivity index (χ1n) is 6.43. The molecular formula is C14H14F3NO3S2. The minimum absolute atomic E-state index is 0.0307. The third-order valence-electron chi connectivity index (χ3n) is 3.17. The van der Waals surface area contributed by atoms with E-state index in [4.69, 9.17) is 4.74 Å². The van der Waals surface area contributed by atoms with Crippen LogP contribution in [0.4, 0.5) is 18.9 Å². The highest BCUT2D eigenvalue weighted by molar-refractivity contribution is 7.93. The van der Waals surface area contributed by atoms with E-state index in [9.17, 15) is 21.6 Å². The zero-order chi connectivity index (χ0) is 17.3. The molecule has 126 valence electrons. The van der Waals surface area contributed by atoms with Crippen molar-refractivity contribution < 1.29 is 26.3 Å². The van der Waals surface area contributed by atoms with Gasteiger partial charge in [0.15, 0.2) is 0 Å². The highest BCUT2D eigenvalue weighted by Gasteiger charge is 2.50. The lowest BCUT2D eigenvalue weighted by atomic mass is 10.2. The highest BCUT2D eigenvalue weighted by Crippen LogP contribution is 2.35. The predicted octanol–water partition coefficient (Wildman–Crippen LogP) is 3.92. The highest BCUT2D eigenvalue weighted by atomic mass is 32.2. The molecule has 2 rings (SSSR count). The molecule has 2 aromatic rings. The summed E-state index contributed by atoms with van der Waals surface area (Å²) >= 11 is 1.18. The molecule has 23 heavy (non-hydrogen) atoms. The topological polar surface area (TPSA) is 46.6 Å². The van der Waals surface area contributed by atoms with Gasteiger partial charge < -0.3 is 4.74 Å². The molecule has 0 fully saturated rings. The second kappa shape index (κ2) is 6.40. The van der Waals surface area contributed by atoms with Gasteiger partial charge in [-0.3, -0.25) is 4.31 Å². The van der Waals surface area contributed by atoms with Crippen molar-refractivity contribution in [2.75, 3.05) is 11.4 Å². The summed E-state index contributed by atoms with van der Waals surface area (Å²) in [5.41, 5.74) is -4.92. The van der Waals surface area contributed by atoms with E-state index in [1.165, 1.54) is 36.6 Å². The maximum absolute atomic E-state index is 13.0. The van der Waals surface area contributed by atoms with E-state index in [1.807, 2.05) is 0 Å². The Kier molecular flexibility index (Phi) is 4.90. The van der Waals surface area contributed by atoms with Gasteiger partial charge in [-0.25, -0.2) is 0 Å². The molecule has 0 amide bonds. The van der Waals surface area contributed by atoms with Gasteiger partial charge in [0.05, 0.1) is 19.3 Å². The van der Waals surface area contributed by atoms with Gasteiger partial charge in [-0.1, -0.05) is 12.1 Å². The Morgan fingerprint density at radius 2 is 1.78 bits per heavy atom. The van der Waals surface area contributed by atoms with Crippen LogP contribution >= 0.6 is 11.3 Å². The minimum Gasteiger partial charge on any atom is -0.497 e. The van der Waals surface area contributed by atoms with Crippen molar-refractivity contribution >= 4 is 27.0 Å². The largest absolute Gasteiger partial charge is 0.516 e. The fourth-order valence-electron chi connectivity index (χ4n) is 1.96. The summed E-state index contributed by atoms with van der Waals surface area (Å²) in [6, 6.07) is 7.55. The first kappa shape index (κ1) is 17.6. The zero-order valence-corrected chi connectivity index (χ0v) is 13.9. The van der Waals surface area contributed by atoms with Crippen LogP contribution in [-0.4, -0.2) is 21.0 Å². The third-order valence-corrected chi connectivity index (χ3v) is 5.49. The SMILES string of the molecule is COc1ccc(CN(c2ccsc2C)S(=O)(=O)C(F)(F)F)cc1. The van der Waals surface area contributed by atoms with Gasteiger partial charge in [-0.2, -0.15) is 21.6 Å². The van der Waals surface area contributed by atoms with E-state index in [2.05, 4.69) is 0 Å². The molecule has 0 bridgehead atoms. The van der Waals surface area contributed by atoms with Gasteiger partial charge in [-0.15, -0.1) is 11.3 Å². The molecule has 0 unspecified atom stereocenters. The van der Waals surface area contributed by atoms with Gasteiger partial charge in [0, 0.05) is 4.88 Å². The normalized spacial score (nSPS) is 12.2. The summed E-state index contributed by atoms with van der Waals surface area (Å²) in [6.45, 7) is 1.16.